The molecule has 5 N–H and O–H groups in total. The lowest BCUT2D eigenvalue weighted by molar-refractivity contribution is -0.160. The van der Waals surface area contributed by atoms with Gasteiger partial charge in [0, 0.05) is 93.6 Å². The number of allylic oxidation sites excluding steroid dienone is 2. The molecule has 61 heavy (non-hydrogen) atoms. The number of carbonyl (C=O) groups excluding carboxylic acids is 3. The van der Waals surface area contributed by atoms with Crippen molar-refractivity contribution in [3.63, 3.8) is 0 Å². The monoisotopic (exact) mass is 846 g/mol. The number of amides is 1. The molecule has 9 atom stereocenters. The second-order valence-corrected chi connectivity index (χ2v) is 18.0. The van der Waals surface area contributed by atoms with E-state index in [9.17, 15) is 34.8 Å². The van der Waals surface area contributed by atoms with Crippen LogP contribution in [0.2, 0.25) is 0 Å². The maximum atomic E-state index is 14.7. The van der Waals surface area contributed by atoms with E-state index in [-0.39, 0.29) is 55.4 Å². The summed E-state index contributed by atoms with van der Waals surface area (Å²) in [6, 6.07) is 0. The molecule has 0 saturated carbocycles. The quantitative estimate of drug-likeness (QED) is 0.209. The molecule has 0 unspecified atom stereocenters. The molecule has 1 amide bonds. The van der Waals surface area contributed by atoms with Gasteiger partial charge < -0.3 is 49.6 Å². The van der Waals surface area contributed by atoms with Crippen molar-refractivity contribution in [3.05, 3.63) is 58.0 Å². The number of aromatic hydroxyl groups is 2. The standard InChI is InChI=1S/C46H62N4O11/c1-22(2)21-50-18-16-46(17-19-50)48-34-31-32-39(54)28(8)42-33(31)43(56)45(10,61-42)59-20-15-30(58-11)25(5)41(60-29(9)51)27(7)38(53)26(6)37(52)23(3)13-12-14-24(4)44(57)47-36(40(32)55)35(34)49-46/h12-15,20,22-23,25-27,30,37-38,41,52-55H,16-19,21H2,1-11H3,(H,47,57)/t23-,25+,26+,27+,30-,37-,38+,41+,45-/m0/s1. The molecule has 0 aliphatic carbocycles. The molecular formula is C46H62N4O11. The number of ketones is 1. The summed E-state index contributed by atoms with van der Waals surface area (Å²) in [7, 11) is 1.47. The number of fused-ring (bicyclic) bond motifs is 1. The highest BCUT2D eigenvalue weighted by Gasteiger charge is 2.50. The fourth-order valence-electron chi connectivity index (χ4n) is 9.20. The second kappa shape index (κ2) is 17.5. The molecule has 15 nitrogen and oxygen atoms in total. The third kappa shape index (κ3) is 8.54. The fourth-order valence-corrected chi connectivity index (χ4v) is 9.20. The SMILES string of the molecule is CO[C@H]1C=CO[C@@]2(C)Oc3c(C)c(O)c4c(O)c(c5c(c4c3C2=O)=NC2(CCN(CC(C)C)CC2)N=5)NC(=O)C(C)=CC=C[C@H](C)[C@H](O)[C@@H](C)[C@@H](O)[C@@H](C)[C@H](OC(C)=O)[C@@H]1C. The van der Waals surface area contributed by atoms with E-state index in [0.717, 1.165) is 6.54 Å². The predicted octanol–water partition coefficient (Wildman–Crippen LogP) is 4.75. The zero-order valence-electron chi connectivity index (χ0n) is 37.1. The van der Waals surface area contributed by atoms with E-state index in [2.05, 4.69) is 24.1 Å². The summed E-state index contributed by atoms with van der Waals surface area (Å²) < 4.78 is 24.0. The smallest absolute Gasteiger partial charge is 0.312 e. The molecular weight excluding hydrogens is 785 g/mol. The molecule has 2 aromatic rings. The topological polar surface area (TPSA) is 209 Å². The molecule has 4 heterocycles. The van der Waals surface area contributed by atoms with Gasteiger partial charge in [-0.15, -0.1) is 0 Å². The van der Waals surface area contributed by atoms with Gasteiger partial charge in [-0.3, -0.25) is 24.4 Å². The molecule has 6 rings (SSSR count). The molecule has 4 bridgehead atoms. The van der Waals surface area contributed by atoms with Gasteiger partial charge >= 0.3 is 11.8 Å². The van der Waals surface area contributed by atoms with Gasteiger partial charge in [-0.05, 0) is 25.8 Å². The summed E-state index contributed by atoms with van der Waals surface area (Å²) in [5.74, 6) is -6.44. The van der Waals surface area contributed by atoms with Crippen LogP contribution in [-0.2, 0) is 23.8 Å². The van der Waals surface area contributed by atoms with E-state index >= 15 is 0 Å². The summed E-state index contributed by atoms with van der Waals surface area (Å²) >= 11 is 0. The molecule has 1 spiro atoms. The molecule has 1 fully saturated rings. The number of methoxy groups -OCH3 is 1. The number of phenolic OH excluding ortho intramolecular Hbond substituents is 2. The van der Waals surface area contributed by atoms with Gasteiger partial charge in [0.05, 0.1) is 40.9 Å². The van der Waals surface area contributed by atoms with Crippen molar-refractivity contribution < 1.29 is 53.8 Å². The number of likely N-dealkylation sites (tertiary alicyclic amines) is 1. The number of piperidine rings is 1. The van der Waals surface area contributed by atoms with E-state index in [1.165, 1.54) is 27.2 Å². The number of rotatable bonds is 4. The maximum absolute atomic E-state index is 14.7. The number of esters is 1. The molecule has 4 aliphatic heterocycles. The van der Waals surface area contributed by atoms with Crippen LogP contribution in [0.4, 0.5) is 5.69 Å². The third-order valence-electron chi connectivity index (χ3n) is 12.9. The Hall–Kier alpha value is -4.83. The zero-order valence-corrected chi connectivity index (χ0v) is 37.1. The average molecular weight is 847 g/mol. The van der Waals surface area contributed by atoms with Crippen molar-refractivity contribution in [1.29, 1.82) is 0 Å². The van der Waals surface area contributed by atoms with Crippen LogP contribution in [0, 0.1) is 36.5 Å². The van der Waals surface area contributed by atoms with Crippen LogP contribution in [0.5, 0.6) is 17.2 Å². The van der Waals surface area contributed by atoms with Gasteiger partial charge in [0.2, 0.25) is 0 Å². The Morgan fingerprint density at radius 3 is 2.25 bits per heavy atom. The van der Waals surface area contributed by atoms with Crippen molar-refractivity contribution >= 4 is 34.1 Å². The van der Waals surface area contributed by atoms with Crippen molar-refractivity contribution in [1.82, 2.24) is 4.90 Å². The van der Waals surface area contributed by atoms with Crippen LogP contribution >= 0.6 is 0 Å². The van der Waals surface area contributed by atoms with Crippen molar-refractivity contribution in [3.8, 4) is 17.2 Å². The number of hydrogen-bond donors (Lipinski definition) is 5. The van der Waals surface area contributed by atoms with Crippen molar-refractivity contribution in [2.75, 3.05) is 32.1 Å². The molecule has 4 aliphatic rings. The van der Waals surface area contributed by atoms with E-state index < -0.39 is 82.9 Å². The number of aliphatic hydroxyl groups is 2. The fraction of sp³-hybridized carbons (Fsp3) is 0.587. The third-order valence-corrected chi connectivity index (χ3v) is 12.9. The number of ether oxygens (including phenoxy) is 4. The largest absolute Gasteiger partial charge is 0.507 e. The Morgan fingerprint density at radius 2 is 1.62 bits per heavy atom. The number of carbonyl (C=O) groups is 3. The van der Waals surface area contributed by atoms with Crippen LogP contribution in [-0.4, -0.2) is 106 Å². The summed E-state index contributed by atoms with van der Waals surface area (Å²) in [6.07, 6.45) is 5.04. The van der Waals surface area contributed by atoms with Crippen LogP contribution in [0.3, 0.4) is 0 Å². The maximum Gasteiger partial charge on any atom is 0.312 e. The lowest BCUT2D eigenvalue weighted by Gasteiger charge is -2.38. The highest BCUT2D eigenvalue weighted by Crippen LogP contribution is 2.50. The van der Waals surface area contributed by atoms with Gasteiger partial charge in [-0.2, -0.15) is 0 Å². The number of nitrogens with one attached hydrogen (secondary N) is 1. The number of hydrogen-bond acceptors (Lipinski definition) is 14. The molecule has 0 radical (unpaired) electrons. The van der Waals surface area contributed by atoms with E-state index in [1.54, 1.807) is 65.8 Å². The van der Waals surface area contributed by atoms with E-state index in [1.807, 2.05) is 0 Å². The number of aliphatic hydroxyl groups excluding tert-OH is 2. The van der Waals surface area contributed by atoms with Crippen LogP contribution < -0.4 is 20.8 Å². The first-order valence-corrected chi connectivity index (χ1v) is 21.2. The van der Waals surface area contributed by atoms with Crippen LogP contribution in [0.15, 0.2) is 46.1 Å². The van der Waals surface area contributed by atoms with Gasteiger partial charge in [0.1, 0.15) is 28.6 Å². The number of Topliss-reactive ketones (excluding diaryl/α,β-unsaturated/α-hetero) is 1. The number of phenols is 2. The van der Waals surface area contributed by atoms with Crippen molar-refractivity contribution in [2.45, 2.75) is 118 Å². The number of nitrogens with zero attached hydrogens (tertiary/aromatic N) is 3. The van der Waals surface area contributed by atoms with Gasteiger partial charge in [-0.1, -0.05) is 59.8 Å². The number of benzene rings is 2. The van der Waals surface area contributed by atoms with Crippen molar-refractivity contribution in [2.24, 2.45) is 39.6 Å². The Bertz CT molecular complexity index is 2300. The highest BCUT2D eigenvalue weighted by molar-refractivity contribution is 6.19. The van der Waals surface area contributed by atoms with Gasteiger partial charge in [0.15, 0.2) is 11.4 Å². The molecule has 2 aromatic carbocycles. The first-order chi connectivity index (χ1) is 28.6. The second-order valence-electron chi connectivity index (χ2n) is 18.0. The van der Waals surface area contributed by atoms with Gasteiger partial charge in [-0.25, -0.2) is 0 Å². The molecule has 0 aromatic heterocycles. The Balaban J connectivity index is 1.54. The Kier molecular flexibility index (Phi) is 13.1. The lowest BCUT2D eigenvalue weighted by atomic mass is 9.78. The molecule has 1 saturated heterocycles. The predicted molar refractivity (Wildman–Crippen MR) is 228 cm³/mol. The normalized spacial score (nSPS) is 30.8. The first-order valence-electron chi connectivity index (χ1n) is 21.2. The summed E-state index contributed by atoms with van der Waals surface area (Å²) in [5.41, 5.74) is -0.572. The van der Waals surface area contributed by atoms with Crippen LogP contribution in [0.1, 0.15) is 91.1 Å². The summed E-state index contributed by atoms with van der Waals surface area (Å²) in [4.78, 5) is 53.7. The minimum Gasteiger partial charge on any atom is -0.507 e. The average Bonchev–Trinajstić information content (AvgIpc) is 3.71. The minimum absolute atomic E-state index is 0.0364. The Labute approximate surface area is 356 Å². The van der Waals surface area contributed by atoms with E-state index in [4.69, 9.17) is 28.9 Å². The first kappa shape index (κ1) is 45.7. The summed E-state index contributed by atoms with van der Waals surface area (Å²) in [6.45, 7) is 19.5. The highest BCUT2D eigenvalue weighted by atomic mass is 16.7. The minimum atomic E-state index is -1.96. The molecule has 332 valence electrons. The Morgan fingerprint density at radius 1 is 0.967 bits per heavy atom. The number of anilines is 1. The van der Waals surface area contributed by atoms with E-state index in [0.29, 0.717) is 31.8 Å². The lowest BCUT2D eigenvalue weighted by Crippen LogP contribution is -2.46. The summed E-state index contributed by atoms with van der Waals surface area (Å²) in [5, 5.41) is 50.2. The van der Waals surface area contributed by atoms with Crippen LogP contribution in [0.25, 0.3) is 10.8 Å². The van der Waals surface area contributed by atoms with Gasteiger partial charge in [0.25, 0.3) is 11.7 Å². The molecule has 15 heteroatoms. The zero-order chi connectivity index (χ0) is 44.9.